The predicted octanol–water partition coefficient (Wildman–Crippen LogP) is 4.14. The summed E-state index contributed by atoms with van der Waals surface area (Å²) in [5.74, 6) is 0.668. The number of nitrogens with one attached hydrogen (secondary N) is 1. The topological polar surface area (TPSA) is 84.1 Å². The zero-order valence-electron chi connectivity index (χ0n) is 14.7. The maximum atomic E-state index is 13.1. The third kappa shape index (κ3) is 4.31. The molecule has 0 saturated heterocycles. The van der Waals surface area contributed by atoms with Gasteiger partial charge in [0.15, 0.2) is 5.17 Å². The number of fused-ring (bicyclic) bond motifs is 1. The lowest BCUT2D eigenvalue weighted by molar-refractivity contribution is 0.585. The molecule has 136 valence electrons. The molecule has 0 aliphatic rings. The van der Waals surface area contributed by atoms with Gasteiger partial charge in [0.05, 0.1) is 16.7 Å². The number of nitrogens with two attached hydrogens (primary N) is 1. The maximum Gasteiger partial charge on any atom is 0.260 e. The molecule has 0 aliphatic heterocycles. The van der Waals surface area contributed by atoms with Gasteiger partial charge in [-0.1, -0.05) is 23.9 Å². The second kappa shape index (κ2) is 7.20. The van der Waals surface area contributed by atoms with Crippen LogP contribution in [-0.4, -0.2) is 20.7 Å². The van der Waals surface area contributed by atoms with E-state index in [1.54, 1.807) is 12.1 Å². The highest BCUT2D eigenvalue weighted by Gasteiger charge is 2.14. The average Bonchev–Trinajstić information content (AvgIpc) is 2.96. The number of thiophene rings is 1. The van der Waals surface area contributed by atoms with Crippen LogP contribution in [0, 0.1) is 5.82 Å². The first-order valence-electron chi connectivity index (χ1n) is 7.97. The molecule has 3 N–H and O–H groups in total. The van der Waals surface area contributed by atoms with Crippen molar-refractivity contribution in [1.82, 2.24) is 9.97 Å². The molecule has 0 bridgehead atoms. The summed E-state index contributed by atoms with van der Waals surface area (Å²) in [5.41, 5.74) is 7.00. The fourth-order valence-electron chi connectivity index (χ4n) is 2.41. The first-order chi connectivity index (χ1) is 12.2. The summed E-state index contributed by atoms with van der Waals surface area (Å²) in [6, 6.07) is 6.07. The number of hydrogen-bond acceptors (Lipinski definition) is 5. The SMILES string of the molecule is CC(C)(C)N=C(N)SCc1nc2scc(-c3ccc(F)cc3)c2c(=O)[nH]1. The number of thioether (sulfide) groups is 1. The van der Waals surface area contributed by atoms with Gasteiger partial charge in [-0.15, -0.1) is 11.3 Å². The average molecular weight is 391 g/mol. The molecule has 3 aromatic rings. The molecular formula is C18H19FN4OS2. The molecule has 2 aromatic heterocycles. The zero-order chi connectivity index (χ0) is 18.9. The van der Waals surface area contributed by atoms with Gasteiger partial charge in [0, 0.05) is 10.9 Å². The molecule has 26 heavy (non-hydrogen) atoms. The Labute approximate surface area is 158 Å². The van der Waals surface area contributed by atoms with Crippen molar-refractivity contribution in [3.8, 4) is 11.1 Å². The molecule has 5 nitrogen and oxygen atoms in total. The van der Waals surface area contributed by atoms with E-state index in [0.717, 1.165) is 11.1 Å². The van der Waals surface area contributed by atoms with Gasteiger partial charge in [0.25, 0.3) is 5.56 Å². The number of rotatable bonds is 3. The summed E-state index contributed by atoms with van der Waals surface area (Å²) in [6.45, 7) is 5.90. The van der Waals surface area contributed by atoms with E-state index >= 15 is 0 Å². The van der Waals surface area contributed by atoms with E-state index in [0.29, 0.717) is 27.0 Å². The summed E-state index contributed by atoms with van der Waals surface area (Å²) in [7, 11) is 0. The molecule has 0 unspecified atom stereocenters. The van der Waals surface area contributed by atoms with Crippen LogP contribution in [0.3, 0.4) is 0 Å². The van der Waals surface area contributed by atoms with Crippen LogP contribution in [0.4, 0.5) is 4.39 Å². The second-order valence-electron chi connectivity index (χ2n) is 6.76. The van der Waals surface area contributed by atoms with Crippen molar-refractivity contribution < 1.29 is 4.39 Å². The Morgan fingerprint density at radius 3 is 2.69 bits per heavy atom. The van der Waals surface area contributed by atoms with Gasteiger partial charge in [-0.25, -0.2) is 9.37 Å². The van der Waals surface area contributed by atoms with Gasteiger partial charge in [0.1, 0.15) is 16.5 Å². The van der Waals surface area contributed by atoms with Crippen molar-refractivity contribution in [3.63, 3.8) is 0 Å². The monoisotopic (exact) mass is 390 g/mol. The molecule has 0 saturated carbocycles. The summed E-state index contributed by atoms with van der Waals surface area (Å²) >= 11 is 2.73. The van der Waals surface area contributed by atoms with Crippen LogP contribution in [0.2, 0.25) is 0 Å². The minimum atomic E-state index is -0.311. The van der Waals surface area contributed by atoms with Crippen molar-refractivity contribution in [2.75, 3.05) is 0 Å². The van der Waals surface area contributed by atoms with Gasteiger partial charge in [-0.2, -0.15) is 0 Å². The van der Waals surface area contributed by atoms with Crippen molar-refractivity contribution in [2.24, 2.45) is 10.7 Å². The maximum absolute atomic E-state index is 13.1. The van der Waals surface area contributed by atoms with Crippen molar-refractivity contribution >= 4 is 38.5 Å². The molecule has 0 fully saturated rings. The lowest BCUT2D eigenvalue weighted by Crippen LogP contribution is -2.18. The quantitative estimate of drug-likeness (QED) is 0.520. The van der Waals surface area contributed by atoms with E-state index in [2.05, 4.69) is 15.0 Å². The van der Waals surface area contributed by atoms with Crippen LogP contribution in [0.25, 0.3) is 21.3 Å². The fourth-order valence-corrected chi connectivity index (χ4v) is 4.14. The van der Waals surface area contributed by atoms with E-state index in [4.69, 9.17) is 5.73 Å². The number of aromatic amines is 1. The van der Waals surface area contributed by atoms with Gasteiger partial charge in [-0.05, 0) is 38.5 Å². The summed E-state index contributed by atoms with van der Waals surface area (Å²) in [5, 5.41) is 2.84. The highest BCUT2D eigenvalue weighted by Crippen LogP contribution is 2.31. The minimum Gasteiger partial charge on any atom is -0.379 e. The van der Waals surface area contributed by atoms with E-state index in [-0.39, 0.29) is 16.9 Å². The molecular weight excluding hydrogens is 371 g/mol. The molecule has 0 amide bonds. The number of nitrogens with zero attached hydrogens (tertiary/aromatic N) is 2. The fraction of sp³-hybridized carbons (Fsp3) is 0.278. The van der Waals surface area contributed by atoms with E-state index < -0.39 is 0 Å². The molecule has 0 spiro atoms. The smallest absolute Gasteiger partial charge is 0.260 e. The number of benzene rings is 1. The summed E-state index contributed by atoms with van der Waals surface area (Å²) in [6.07, 6.45) is 0. The molecule has 8 heteroatoms. The number of aliphatic imine (C=N–C) groups is 1. The first kappa shape index (κ1) is 18.6. The van der Waals surface area contributed by atoms with E-state index in [9.17, 15) is 9.18 Å². The predicted molar refractivity (Wildman–Crippen MR) is 108 cm³/mol. The van der Waals surface area contributed by atoms with Crippen LogP contribution in [0.15, 0.2) is 39.4 Å². The van der Waals surface area contributed by atoms with Crippen LogP contribution in [0.1, 0.15) is 26.6 Å². The van der Waals surface area contributed by atoms with Gasteiger partial charge in [0.2, 0.25) is 0 Å². The molecule has 1 aromatic carbocycles. The number of aromatic nitrogens is 2. The molecule has 3 rings (SSSR count). The normalized spacial score (nSPS) is 12.7. The Morgan fingerprint density at radius 2 is 2.04 bits per heavy atom. The number of H-pyrrole nitrogens is 1. The lowest BCUT2D eigenvalue weighted by atomic mass is 10.1. The third-order valence-corrected chi connectivity index (χ3v) is 5.13. The van der Waals surface area contributed by atoms with E-state index in [1.165, 1.54) is 35.2 Å². The molecule has 2 heterocycles. The van der Waals surface area contributed by atoms with Crippen LogP contribution < -0.4 is 11.3 Å². The standard InChI is InChI=1S/C18H19FN4OS2/c1-18(2,3)23-17(20)26-9-13-21-15(24)14-12(8-25-16(14)22-13)10-4-6-11(19)7-5-10/h4-8H,9H2,1-3H3,(H2,20,23)(H,21,22,24). The summed E-state index contributed by atoms with van der Waals surface area (Å²) < 4.78 is 13.1. The Bertz CT molecular complexity index is 1020. The lowest BCUT2D eigenvalue weighted by Gasteiger charge is -2.13. The van der Waals surface area contributed by atoms with Crippen molar-refractivity contribution in [2.45, 2.75) is 32.1 Å². The largest absolute Gasteiger partial charge is 0.379 e. The third-order valence-electron chi connectivity index (χ3n) is 3.45. The van der Waals surface area contributed by atoms with Gasteiger partial charge >= 0.3 is 0 Å². The first-order valence-corrected chi connectivity index (χ1v) is 9.84. The van der Waals surface area contributed by atoms with Crippen molar-refractivity contribution in [3.05, 3.63) is 51.6 Å². The van der Waals surface area contributed by atoms with Crippen LogP contribution in [0.5, 0.6) is 0 Å². The number of halogens is 1. The minimum absolute atomic E-state index is 0.211. The Kier molecular flexibility index (Phi) is 5.15. The number of hydrogen-bond donors (Lipinski definition) is 2. The van der Waals surface area contributed by atoms with Crippen LogP contribution in [-0.2, 0) is 5.75 Å². The zero-order valence-corrected chi connectivity index (χ0v) is 16.3. The van der Waals surface area contributed by atoms with Gasteiger partial charge in [-0.3, -0.25) is 9.79 Å². The highest BCUT2D eigenvalue weighted by atomic mass is 32.2. The second-order valence-corrected chi connectivity index (χ2v) is 8.61. The van der Waals surface area contributed by atoms with Crippen LogP contribution >= 0.6 is 23.1 Å². The Morgan fingerprint density at radius 1 is 1.35 bits per heavy atom. The van der Waals surface area contributed by atoms with Gasteiger partial charge < -0.3 is 10.7 Å². The molecule has 0 atom stereocenters. The van der Waals surface area contributed by atoms with Crippen molar-refractivity contribution in [1.29, 1.82) is 0 Å². The Balaban J connectivity index is 1.89. The summed E-state index contributed by atoms with van der Waals surface area (Å²) in [4.78, 5) is 24.9. The molecule has 0 radical (unpaired) electrons. The van der Waals surface area contributed by atoms with E-state index in [1.807, 2.05) is 26.2 Å². The molecule has 0 aliphatic carbocycles. The highest BCUT2D eigenvalue weighted by molar-refractivity contribution is 8.13. The Hall–Kier alpha value is -2.19. The number of amidine groups is 1.